The van der Waals surface area contributed by atoms with E-state index in [1.54, 1.807) is 0 Å². The fraction of sp³-hybridized carbons (Fsp3) is 0.714. The molecule has 0 saturated carbocycles. The van der Waals surface area contributed by atoms with E-state index in [1.807, 2.05) is 11.3 Å². The zero-order valence-electron chi connectivity index (χ0n) is 11.5. The van der Waals surface area contributed by atoms with E-state index in [4.69, 9.17) is 4.74 Å². The average molecular weight is 255 g/mol. The van der Waals surface area contributed by atoms with Crippen molar-refractivity contribution in [1.82, 2.24) is 5.32 Å². The van der Waals surface area contributed by atoms with Gasteiger partial charge < -0.3 is 10.1 Å². The molecule has 0 fully saturated rings. The Kier molecular flexibility index (Phi) is 6.78. The minimum atomic E-state index is 0.356. The summed E-state index contributed by atoms with van der Waals surface area (Å²) < 4.78 is 5.85. The average Bonchev–Trinajstić information content (AvgIpc) is 2.70. The number of hydrogen-bond donors (Lipinski definition) is 1. The van der Waals surface area contributed by atoms with Crippen LogP contribution in [0.5, 0.6) is 0 Å². The molecule has 0 aliphatic carbocycles. The van der Waals surface area contributed by atoms with Crippen LogP contribution in [0.4, 0.5) is 0 Å². The highest BCUT2D eigenvalue weighted by Crippen LogP contribution is 2.18. The molecule has 0 amide bonds. The molecule has 0 saturated heterocycles. The van der Waals surface area contributed by atoms with E-state index >= 15 is 0 Å². The summed E-state index contributed by atoms with van der Waals surface area (Å²) >= 11 is 1.85. The second kappa shape index (κ2) is 7.85. The molecule has 1 aromatic heterocycles. The van der Waals surface area contributed by atoms with Gasteiger partial charge >= 0.3 is 0 Å². The summed E-state index contributed by atoms with van der Waals surface area (Å²) in [6, 6.07) is 4.37. The highest BCUT2D eigenvalue weighted by atomic mass is 32.1. The number of hydrogen-bond acceptors (Lipinski definition) is 3. The van der Waals surface area contributed by atoms with Crippen LogP contribution < -0.4 is 5.32 Å². The van der Waals surface area contributed by atoms with E-state index in [9.17, 15) is 0 Å². The lowest BCUT2D eigenvalue weighted by atomic mass is 10.1. The minimum Gasteiger partial charge on any atom is -0.373 e. The Hall–Kier alpha value is -0.380. The van der Waals surface area contributed by atoms with Gasteiger partial charge in [0.2, 0.25) is 0 Å². The van der Waals surface area contributed by atoms with Crippen LogP contribution in [-0.4, -0.2) is 12.6 Å². The molecular formula is C14H25NOS. The molecule has 0 aliphatic heterocycles. The van der Waals surface area contributed by atoms with Crippen molar-refractivity contribution in [3.8, 4) is 0 Å². The van der Waals surface area contributed by atoms with Gasteiger partial charge in [-0.25, -0.2) is 0 Å². The summed E-state index contributed by atoms with van der Waals surface area (Å²) in [6.07, 6.45) is 1.49. The molecular weight excluding hydrogens is 230 g/mol. The summed E-state index contributed by atoms with van der Waals surface area (Å²) in [4.78, 5) is 2.72. The van der Waals surface area contributed by atoms with Crippen LogP contribution in [0.3, 0.4) is 0 Å². The molecule has 0 bridgehead atoms. The van der Waals surface area contributed by atoms with Crippen LogP contribution in [0, 0.1) is 5.92 Å². The molecule has 17 heavy (non-hydrogen) atoms. The summed E-state index contributed by atoms with van der Waals surface area (Å²) in [5.74, 6) is 0.706. The first-order valence-electron chi connectivity index (χ1n) is 6.51. The van der Waals surface area contributed by atoms with Gasteiger partial charge in [0.1, 0.15) is 0 Å². The zero-order valence-corrected chi connectivity index (χ0v) is 12.3. The Morgan fingerprint density at radius 2 is 1.94 bits per heavy atom. The Balaban J connectivity index is 2.29. The Bertz CT molecular complexity index is 309. The van der Waals surface area contributed by atoms with Gasteiger partial charge in [-0.1, -0.05) is 20.8 Å². The fourth-order valence-corrected chi connectivity index (χ4v) is 2.71. The molecule has 1 atom stereocenters. The SMILES string of the molecule is CCNCc1ccc(COC(C)CC(C)C)s1. The molecule has 0 aromatic carbocycles. The lowest BCUT2D eigenvalue weighted by Gasteiger charge is -2.14. The van der Waals surface area contributed by atoms with E-state index in [1.165, 1.54) is 9.75 Å². The van der Waals surface area contributed by atoms with Gasteiger partial charge in [0.15, 0.2) is 0 Å². The summed E-state index contributed by atoms with van der Waals surface area (Å²) in [7, 11) is 0. The second-order valence-electron chi connectivity index (χ2n) is 4.90. The van der Waals surface area contributed by atoms with Gasteiger partial charge in [0, 0.05) is 16.3 Å². The van der Waals surface area contributed by atoms with E-state index < -0.39 is 0 Å². The Labute approximate surface area is 109 Å². The van der Waals surface area contributed by atoms with E-state index in [0.717, 1.165) is 26.1 Å². The number of ether oxygens (including phenoxy) is 1. The number of thiophene rings is 1. The van der Waals surface area contributed by atoms with Crippen molar-refractivity contribution in [1.29, 1.82) is 0 Å². The van der Waals surface area contributed by atoms with Crippen molar-refractivity contribution in [2.75, 3.05) is 6.54 Å². The van der Waals surface area contributed by atoms with Crippen molar-refractivity contribution in [2.24, 2.45) is 5.92 Å². The van der Waals surface area contributed by atoms with Gasteiger partial charge in [-0.05, 0) is 37.9 Å². The van der Waals surface area contributed by atoms with Crippen LogP contribution in [0.15, 0.2) is 12.1 Å². The van der Waals surface area contributed by atoms with Crippen molar-refractivity contribution in [3.05, 3.63) is 21.9 Å². The molecule has 1 N–H and O–H groups in total. The van der Waals surface area contributed by atoms with E-state index in [-0.39, 0.29) is 0 Å². The minimum absolute atomic E-state index is 0.356. The van der Waals surface area contributed by atoms with Gasteiger partial charge in [-0.2, -0.15) is 0 Å². The maximum atomic E-state index is 5.85. The Morgan fingerprint density at radius 1 is 1.24 bits per heavy atom. The van der Waals surface area contributed by atoms with Crippen molar-refractivity contribution in [2.45, 2.75) is 53.4 Å². The molecule has 1 heterocycles. The quantitative estimate of drug-likeness (QED) is 0.762. The van der Waals surface area contributed by atoms with Crippen LogP contribution in [-0.2, 0) is 17.9 Å². The first-order valence-corrected chi connectivity index (χ1v) is 7.33. The van der Waals surface area contributed by atoms with Gasteiger partial charge in [0.05, 0.1) is 12.7 Å². The normalized spacial score (nSPS) is 13.2. The first kappa shape index (κ1) is 14.7. The van der Waals surface area contributed by atoms with E-state index in [0.29, 0.717) is 12.0 Å². The zero-order chi connectivity index (χ0) is 12.7. The lowest BCUT2D eigenvalue weighted by molar-refractivity contribution is 0.0412. The van der Waals surface area contributed by atoms with Crippen LogP contribution >= 0.6 is 11.3 Å². The molecule has 98 valence electrons. The van der Waals surface area contributed by atoms with Crippen LogP contribution in [0.2, 0.25) is 0 Å². The predicted octanol–water partition coefficient (Wildman–Crippen LogP) is 3.81. The number of nitrogens with one attached hydrogen (secondary N) is 1. The highest BCUT2D eigenvalue weighted by Gasteiger charge is 2.06. The first-order chi connectivity index (χ1) is 8.11. The molecule has 3 heteroatoms. The van der Waals surface area contributed by atoms with Crippen molar-refractivity contribution in [3.63, 3.8) is 0 Å². The summed E-state index contributed by atoms with van der Waals surface area (Å²) in [5, 5.41) is 3.34. The molecule has 1 aromatic rings. The summed E-state index contributed by atoms with van der Waals surface area (Å²) in [6.45, 7) is 11.5. The molecule has 0 aliphatic rings. The van der Waals surface area contributed by atoms with Crippen molar-refractivity contribution >= 4 is 11.3 Å². The molecule has 1 rings (SSSR count). The standard InChI is InChI=1S/C14H25NOS/c1-5-15-9-13-6-7-14(17-13)10-16-12(4)8-11(2)3/h6-7,11-12,15H,5,8-10H2,1-4H3. The van der Waals surface area contributed by atoms with Gasteiger partial charge in [-0.15, -0.1) is 11.3 Å². The van der Waals surface area contributed by atoms with Gasteiger partial charge in [-0.3, -0.25) is 0 Å². The number of rotatable bonds is 8. The predicted molar refractivity (Wildman–Crippen MR) is 75.4 cm³/mol. The van der Waals surface area contributed by atoms with Crippen LogP contribution in [0.1, 0.15) is 43.9 Å². The third-order valence-corrected chi connectivity index (χ3v) is 3.64. The van der Waals surface area contributed by atoms with Crippen LogP contribution in [0.25, 0.3) is 0 Å². The third-order valence-electron chi connectivity index (χ3n) is 2.58. The lowest BCUT2D eigenvalue weighted by Crippen LogP contribution is -2.10. The third kappa shape index (κ3) is 6.20. The molecule has 2 nitrogen and oxygen atoms in total. The molecule has 0 radical (unpaired) electrons. The molecule has 0 spiro atoms. The fourth-order valence-electron chi connectivity index (χ4n) is 1.80. The second-order valence-corrected chi connectivity index (χ2v) is 6.15. The summed E-state index contributed by atoms with van der Waals surface area (Å²) in [5.41, 5.74) is 0. The maximum Gasteiger partial charge on any atom is 0.0813 e. The largest absolute Gasteiger partial charge is 0.373 e. The maximum absolute atomic E-state index is 5.85. The highest BCUT2D eigenvalue weighted by molar-refractivity contribution is 7.11. The van der Waals surface area contributed by atoms with Gasteiger partial charge in [0.25, 0.3) is 0 Å². The monoisotopic (exact) mass is 255 g/mol. The molecule has 1 unspecified atom stereocenters. The smallest absolute Gasteiger partial charge is 0.0813 e. The topological polar surface area (TPSA) is 21.3 Å². The Morgan fingerprint density at radius 3 is 2.59 bits per heavy atom. The van der Waals surface area contributed by atoms with Crippen molar-refractivity contribution < 1.29 is 4.74 Å². The van der Waals surface area contributed by atoms with E-state index in [2.05, 4.69) is 45.1 Å².